The van der Waals surface area contributed by atoms with Crippen molar-refractivity contribution in [1.29, 1.82) is 0 Å². The van der Waals surface area contributed by atoms with E-state index in [0.717, 1.165) is 21.3 Å². The van der Waals surface area contributed by atoms with Gasteiger partial charge in [-0.15, -0.1) is 10.2 Å². The lowest BCUT2D eigenvalue weighted by Crippen LogP contribution is -2.12. The van der Waals surface area contributed by atoms with Gasteiger partial charge in [-0.2, -0.15) is 0 Å². The van der Waals surface area contributed by atoms with Crippen LogP contribution in [0.4, 0.5) is 0 Å². The number of rotatable bonds is 9. The Labute approximate surface area is 210 Å². The highest BCUT2D eigenvalue weighted by molar-refractivity contribution is 9.10. The molecule has 0 amide bonds. The van der Waals surface area contributed by atoms with E-state index in [9.17, 15) is 10.1 Å². The van der Waals surface area contributed by atoms with Gasteiger partial charge in [0.2, 0.25) is 6.54 Å². The Bertz CT molecular complexity index is 1280. The maximum atomic E-state index is 11.6. The first-order chi connectivity index (χ1) is 16.4. The minimum atomic E-state index is -0.536. The zero-order chi connectivity index (χ0) is 24.1. The molecular formula is C25H23BrN4O3S. The summed E-state index contributed by atoms with van der Waals surface area (Å²) in [6, 6.07) is 23.4. The number of nitrogens with zero attached hydrogens (tertiary/aromatic N) is 4. The van der Waals surface area contributed by atoms with E-state index < -0.39 is 5.25 Å². The molecule has 34 heavy (non-hydrogen) atoms. The van der Waals surface area contributed by atoms with Gasteiger partial charge >= 0.3 is 0 Å². The van der Waals surface area contributed by atoms with Crippen LogP contribution in [-0.2, 0) is 6.61 Å². The molecule has 4 rings (SSSR count). The maximum Gasteiger partial charge on any atom is 0.220 e. The van der Waals surface area contributed by atoms with Crippen LogP contribution in [0.1, 0.15) is 27.8 Å². The quantitative estimate of drug-likeness (QED) is 0.140. The van der Waals surface area contributed by atoms with Gasteiger partial charge in [-0.05, 0) is 49.7 Å². The van der Waals surface area contributed by atoms with Crippen molar-refractivity contribution in [2.24, 2.45) is 0 Å². The van der Waals surface area contributed by atoms with Crippen LogP contribution in [0.25, 0.3) is 5.69 Å². The fraction of sp³-hybridized carbons (Fsp3) is 0.200. The SMILES string of the molecule is Cc1ccc(COc2ccc(Br)cc2[C@H](C[N+](=O)[O-])Sc2nnc(C)n2-c2ccccc2)cc1. The van der Waals surface area contributed by atoms with E-state index in [1.54, 1.807) is 0 Å². The van der Waals surface area contributed by atoms with Crippen molar-refractivity contribution in [2.75, 3.05) is 6.54 Å². The number of halogens is 1. The monoisotopic (exact) mass is 538 g/mol. The summed E-state index contributed by atoms with van der Waals surface area (Å²) in [6.45, 7) is 3.97. The average molecular weight is 539 g/mol. The van der Waals surface area contributed by atoms with E-state index in [4.69, 9.17) is 4.74 Å². The number of thioether (sulfide) groups is 1. The van der Waals surface area contributed by atoms with Gasteiger partial charge < -0.3 is 4.74 Å². The lowest BCUT2D eigenvalue weighted by Gasteiger charge is -2.18. The number of aromatic nitrogens is 3. The van der Waals surface area contributed by atoms with Gasteiger partial charge in [0.05, 0.1) is 0 Å². The van der Waals surface area contributed by atoms with E-state index in [1.807, 2.05) is 91.2 Å². The summed E-state index contributed by atoms with van der Waals surface area (Å²) < 4.78 is 8.86. The first-order valence-corrected chi connectivity index (χ1v) is 12.3. The highest BCUT2D eigenvalue weighted by Gasteiger charge is 2.27. The van der Waals surface area contributed by atoms with Crippen molar-refractivity contribution in [3.05, 3.63) is 110 Å². The molecule has 9 heteroatoms. The molecule has 0 spiro atoms. The van der Waals surface area contributed by atoms with Gasteiger partial charge in [0.25, 0.3) is 0 Å². The third-order valence-electron chi connectivity index (χ3n) is 5.21. The minimum absolute atomic E-state index is 0.289. The highest BCUT2D eigenvalue weighted by Crippen LogP contribution is 2.41. The predicted octanol–water partition coefficient (Wildman–Crippen LogP) is 6.34. The Morgan fingerprint density at radius 3 is 2.50 bits per heavy atom. The van der Waals surface area contributed by atoms with E-state index in [1.165, 1.54) is 17.3 Å². The molecule has 4 aromatic rings. The normalized spacial score (nSPS) is 11.9. The number of ether oxygens (including phenoxy) is 1. The zero-order valence-corrected chi connectivity index (χ0v) is 21.1. The van der Waals surface area contributed by atoms with Crippen LogP contribution < -0.4 is 4.74 Å². The smallest absolute Gasteiger partial charge is 0.220 e. The summed E-state index contributed by atoms with van der Waals surface area (Å²) in [6.07, 6.45) is 0. The predicted molar refractivity (Wildman–Crippen MR) is 136 cm³/mol. The van der Waals surface area contributed by atoms with E-state index in [-0.39, 0.29) is 11.5 Å². The van der Waals surface area contributed by atoms with Gasteiger partial charge in [-0.3, -0.25) is 14.7 Å². The molecule has 1 aromatic heterocycles. The van der Waals surface area contributed by atoms with Crippen molar-refractivity contribution in [3.63, 3.8) is 0 Å². The second kappa shape index (κ2) is 10.8. The molecule has 0 saturated heterocycles. The molecule has 0 unspecified atom stereocenters. The molecule has 0 bridgehead atoms. The van der Waals surface area contributed by atoms with Crippen LogP contribution in [-0.4, -0.2) is 26.2 Å². The molecular weight excluding hydrogens is 516 g/mol. The van der Waals surface area contributed by atoms with Crippen molar-refractivity contribution in [2.45, 2.75) is 30.9 Å². The number of nitro groups is 1. The zero-order valence-electron chi connectivity index (χ0n) is 18.7. The van der Waals surface area contributed by atoms with Gasteiger partial charge in [-0.1, -0.05) is 75.7 Å². The van der Waals surface area contributed by atoms with Crippen molar-refractivity contribution >= 4 is 27.7 Å². The summed E-state index contributed by atoms with van der Waals surface area (Å²) in [5.74, 6) is 1.31. The summed E-state index contributed by atoms with van der Waals surface area (Å²) in [4.78, 5) is 11.3. The molecule has 3 aromatic carbocycles. The maximum absolute atomic E-state index is 11.6. The van der Waals surface area contributed by atoms with Crippen LogP contribution in [0.5, 0.6) is 5.75 Å². The lowest BCUT2D eigenvalue weighted by atomic mass is 10.1. The molecule has 174 valence electrons. The summed E-state index contributed by atoms with van der Waals surface area (Å²) >= 11 is 4.81. The molecule has 0 saturated carbocycles. The second-order valence-corrected chi connectivity index (χ2v) is 9.86. The Kier molecular flexibility index (Phi) is 7.64. The first kappa shape index (κ1) is 24.0. The minimum Gasteiger partial charge on any atom is -0.489 e. The van der Waals surface area contributed by atoms with Gasteiger partial charge in [0, 0.05) is 20.6 Å². The first-order valence-electron chi connectivity index (χ1n) is 10.6. The third-order valence-corrected chi connectivity index (χ3v) is 6.86. The molecule has 0 aliphatic heterocycles. The second-order valence-electron chi connectivity index (χ2n) is 7.78. The number of aryl methyl sites for hydroxylation is 2. The standard InChI is InChI=1S/C25H23BrN4O3S/c1-17-8-10-19(11-9-17)16-33-23-13-12-20(26)14-22(23)24(15-29(31)32)34-25-28-27-18(2)30(25)21-6-4-3-5-7-21/h3-14,24H,15-16H2,1-2H3/t24-/m0/s1. The molecule has 0 radical (unpaired) electrons. The van der Waals surface area contributed by atoms with Crippen LogP contribution in [0.3, 0.4) is 0 Å². The molecule has 0 N–H and O–H groups in total. The molecule has 0 aliphatic carbocycles. The summed E-state index contributed by atoms with van der Waals surface area (Å²) in [7, 11) is 0. The number of benzene rings is 3. The van der Waals surface area contributed by atoms with Crippen molar-refractivity contribution in [1.82, 2.24) is 14.8 Å². The van der Waals surface area contributed by atoms with Gasteiger partial charge in [0.1, 0.15) is 23.4 Å². The Morgan fingerprint density at radius 2 is 1.79 bits per heavy atom. The lowest BCUT2D eigenvalue weighted by molar-refractivity contribution is -0.479. The summed E-state index contributed by atoms with van der Waals surface area (Å²) in [5, 5.41) is 20.2. The van der Waals surface area contributed by atoms with Crippen LogP contribution in [0.15, 0.2) is 82.4 Å². The summed E-state index contributed by atoms with van der Waals surface area (Å²) in [5.41, 5.74) is 3.83. The molecule has 0 fully saturated rings. The third kappa shape index (κ3) is 5.84. The van der Waals surface area contributed by atoms with Gasteiger partial charge in [0.15, 0.2) is 5.16 Å². The van der Waals surface area contributed by atoms with E-state index in [2.05, 4.69) is 26.1 Å². The number of hydrogen-bond acceptors (Lipinski definition) is 6. The fourth-order valence-electron chi connectivity index (χ4n) is 3.50. The van der Waals surface area contributed by atoms with Gasteiger partial charge in [-0.25, -0.2) is 0 Å². The Morgan fingerprint density at radius 1 is 1.06 bits per heavy atom. The molecule has 0 aliphatic rings. The largest absolute Gasteiger partial charge is 0.489 e. The number of para-hydroxylation sites is 1. The van der Waals surface area contributed by atoms with Crippen LogP contribution >= 0.6 is 27.7 Å². The fourth-order valence-corrected chi connectivity index (χ4v) is 5.07. The average Bonchev–Trinajstić information content (AvgIpc) is 3.19. The van der Waals surface area contributed by atoms with E-state index in [0.29, 0.717) is 23.3 Å². The Balaban J connectivity index is 1.67. The Hall–Kier alpha value is -3.17. The molecule has 1 atom stereocenters. The van der Waals surface area contributed by atoms with Crippen molar-refractivity contribution in [3.8, 4) is 11.4 Å². The van der Waals surface area contributed by atoms with Crippen molar-refractivity contribution < 1.29 is 9.66 Å². The van der Waals surface area contributed by atoms with Crippen LogP contribution in [0.2, 0.25) is 0 Å². The topological polar surface area (TPSA) is 83.1 Å². The molecule has 7 nitrogen and oxygen atoms in total. The molecule has 1 heterocycles. The van der Waals surface area contributed by atoms with Crippen LogP contribution in [0, 0.1) is 24.0 Å². The highest BCUT2D eigenvalue weighted by atomic mass is 79.9. The van der Waals surface area contributed by atoms with E-state index >= 15 is 0 Å². The number of hydrogen-bond donors (Lipinski definition) is 0.